The Balaban J connectivity index is 1.37. The number of furan rings is 1. The molecule has 0 aliphatic carbocycles. The van der Waals surface area contributed by atoms with E-state index in [1.807, 2.05) is 48.5 Å². The summed E-state index contributed by atoms with van der Waals surface area (Å²) in [5, 5.41) is 8.66. The lowest BCUT2D eigenvalue weighted by atomic mass is 10.1. The Morgan fingerprint density at radius 1 is 0.939 bits per heavy atom. The second-order valence-corrected chi connectivity index (χ2v) is 7.36. The minimum absolute atomic E-state index is 0.0128. The molecule has 4 rings (SSSR count). The molecule has 0 aliphatic heterocycles. The van der Waals surface area contributed by atoms with Gasteiger partial charge in [0.1, 0.15) is 22.7 Å². The van der Waals surface area contributed by atoms with Gasteiger partial charge in [-0.25, -0.2) is 5.43 Å². The Kier molecular flexibility index (Phi) is 6.54. The van der Waals surface area contributed by atoms with Crippen LogP contribution in [0, 0.1) is 0 Å². The van der Waals surface area contributed by atoms with E-state index in [2.05, 4.69) is 15.8 Å². The summed E-state index contributed by atoms with van der Waals surface area (Å²) in [6.45, 7) is 1.47. The molecule has 1 aromatic heterocycles. The summed E-state index contributed by atoms with van der Waals surface area (Å²) < 4.78 is 16.7. The number of rotatable bonds is 8. The predicted octanol–water partition coefficient (Wildman–Crippen LogP) is 4.49. The molecule has 0 aliphatic rings. The van der Waals surface area contributed by atoms with Gasteiger partial charge in [-0.1, -0.05) is 36.4 Å². The van der Waals surface area contributed by atoms with Gasteiger partial charge in [0.2, 0.25) is 5.91 Å². The van der Waals surface area contributed by atoms with E-state index in [1.165, 1.54) is 0 Å². The number of hydrogen-bond donors (Lipinski definition) is 2. The first-order valence-electron chi connectivity index (χ1n) is 10.3. The van der Waals surface area contributed by atoms with Gasteiger partial charge in [-0.2, -0.15) is 5.10 Å². The smallest absolute Gasteiger partial charge is 0.277 e. The molecule has 2 amide bonds. The number of amides is 2. The fraction of sp³-hybridized carbons (Fsp3) is 0.160. The minimum Gasteiger partial charge on any atom is -0.495 e. The number of hydrogen-bond acceptors (Lipinski definition) is 6. The van der Waals surface area contributed by atoms with Crippen LogP contribution in [0.25, 0.3) is 21.9 Å². The van der Waals surface area contributed by atoms with Crippen molar-refractivity contribution in [1.29, 1.82) is 0 Å². The number of fused-ring (bicyclic) bond motifs is 3. The zero-order valence-electron chi connectivity index (χ0n) is 18.3. The molecule has 1 heterocycles. The van der Waals surface area contributed by atoms with E-state index in [-0.39, 0.29) is 18.9 Å². The second kappa shape index (κ2) is 9.86. The van der Waals surface area contributed by atoms with Gasteiger partial charge in [-0.3, -0.25) is 9.59 Å². The molecule has 0 saturated carbocycles. The Morgan fingerprint density at radius 2 is 1.70 bits per heavy atom. The maximum Gasteiger partial charge on any atom is 0.277 e. The molecule has 2 N–H and O–H groups in total. The Hall–Kier alpha value is -4.33. The lowest BCUT2D eigenvalue weighted by molar-refractivity contribution is -0.123. The number of carbonyl (C=O) groups excluding carboxylic acids is 2. The number of benzene rings is 3. The summed E-state index contributed by atoms with van der Waals surface area (Å²) in [6.07, 6.45) is -0.0128. The molecule has 0 fully saturated rings. The van der Waals surface area contributed by atoms with Crippen molar-refractivity contribution in [2.75, 3.05) is 19.0 Å². The lowest BCUT2D eigenvalue weighted by Gasteiger charge is -2.10. The molecule has 4 aromatic rings. The van der Waals surface area contributed by atoms with Gasteiger partial charge in [-0.05, 0) is 31.2 Å². The molecule has 33 heavy (non-hydrogen) atoms. The minimum atomic E-state index is -0.421. The lowest BCUT2D eigenvalue weighted by Crippen LogP contribution is -2.26. The predicted molar refractivity (Wildman–Crippen MR) is 127 cm³/mol. The van der Waals surface area contributed by atoms with Crippen LogP contribution in [0.5, 0.6) is 11.5 Å². The average molecular weight is 445 g/mol. The highest BCUT2D eigenvalue weighted by molar-refractivity contribution is 6.10. The Bertz CT molecular complexity index is 1330. The molecule has 168 valence electrons. The average Bonchev–Trinajstić information content (AvgIpc) is 3.18. The van der Waals surface area contributed by atoms with Crippen molar-refractivity contribution in [3.8, 4) is 11.5 Å². The Morgan fingerprint density at radius 3 is 2.48 bits per heavy atom. The first kappa shape index (κ1) is 21.9. The monoisotopic (exact) mass is 445 g/mol. The van der Waals surface area contributed by atoms with Gasteiger partial charge in [0.05, 0.1) is 19.2 Å². The standard InChI is InChI=1S/C25H23N3O5/c1-16(27-28-25(30)15-32-17-8-4-3-5-9-17)12-24(29)26-20-14-22-19(13-23(20)31-2)18-10-6-7-11-21(18)33-22/h3-11,13-14H,12,15H2,1-2H3,(H,26,29)(H,28,30)/b27-16+. The summed E-state index contributed by atoms with van der Waals surface area (Å²) in [5.41, 5.74) is 4.71. The van der Waals surface area contributed by atoms with Crippen LogP contribution in [0.4, 0.5) is 5.69 Å². The van der Waals surface area contributed by atoms with Crippen molar-refractivity contribution < 1.29 is 23.5 Å². The molecule has 3 aromatic carbocycles. The number of ether oxygens (including phenoxy) is 2. The van der Waals surface area contributed by atoms with Crippen molar-refractivity contribution in [1.82, 2.24) is 5.43 Å². The first-order chi connectivity index (χ1) is 16.0. The highest BCUT2D eigenvalue weighted by atomic mass is 16.5. The number of anilines is 1. The van der Waals surface area contributed by atoms with Crippen LogP contribution in [0.15, 0.2) is 76.2 Å². The SMILES string of the molecule is COc1cc2c(cc1NC(=O)C/C(C)=N/NC(=O)COc1ccccc1)oc1ccccc12. The fourth-order valence-electron chi connectivity index (χ4n) is 3.34. The summed E-state index contributed by atoms with van der Waals surface area (Å²) in [7, 11) is 1.54. The number of carbonyl (C=O) groups is 2. The number of para-hydroxylation sites is 2. The van der Waals surface area contributed by atoms with Crippen LogP contribution in [-0.4, -0.2) is 31.2 Å². The van der Waals surface area contributed by atoms with E-state index in [4.69, 9.17) is 13.9 Å². The summed E-state index contributed by atoms with van der Waals surface area (Å²) >= 11 is 0. The highest BCUT2D eigenvalue weighted by Crippen LogP contribution is 2.36. The van der Waals surface area contributed by atoms with Gasteiger partial charge < -0.3 is 19.2 Å². The second-order valence-electron chi connectivity index (χ2n) is 7.36. The van der Waals surface area contributed by atoms with Gasteiger partial charge in [0.25, 0.3) is 5.91 Å². The van der Waals surface area contributed by atoms with E-state index < -0.39 is 5.91 Å². The number of nitrogens with one attached hydrogen (secondary N) is 2. The van der Waals surface area contributed by atoms with Crippen molar-refractivity contribution in [2.24, 2.45) is 5.10 Å². The van der Waals surface area contributed by atoms with Gasteiger partial charge in [-0.15, -0.1) is 0 Å². The zero-order valence-corrected chi connectivity index (χ0v) is 18.3. The summed E-state index contributed by atoms with van der Waals surface area (Å²) in [5.74, 6) is 0.377. The van der Waals surface area contributed by atoms with Crippen molar-refractivity contribution in [2.45, 2.75) is 13.3 Å². The van der Waals surface area contributed by atoms with Crippen molar-refractivity contribution in [3.05, 3.63) is 66.7 Å². The summed E-state index contributed by atoms with van der Waals surface area (Å²) in [4.78, 5) is 24.4. The van der Waals surface area contributed by atoms with Crippen molar-refractivity contribution in [3.63, 3.8) is 0 Å². The largest absolute Gasteiger partial charge is 0.495 e. The third-order valence-corrected chi connectivity index (χ3v) is 4.87. The quantitative estimate of drug-likeness (QED) is 0.307. The topological polar surface area (TPSA) is 102 Å². The number of hydrazone groups is 1. The normalized spacial score (nSPS) is 11.4. The number of methoxy groups -OCH3 is 1. The zero-order chi connectivity index (χ0) is 23.2. The molecule has 0 radical (unpaired) electrons. The third-order valence-electron chi connectivity index (χ3n) is 4.87. The van der Waals surface area contributed by atoms with Crippen LogP contribution in [-0.2, 0) is 9.59 Å². The van der Waals surface area contributed by atoms with Crippen LogP contribution >= 0.6 is 0 Å². The van der Waals surface area contributed by atoms with E-state index in [0.29, 0.717) is 28.5 Å². The van der Waals surface area contributed by atoms with Crippen molar-refractivity contribution >= 4 is 45.2 Å². The molecule has 0 saturated heterocycles. The molecular formula is C25H23N3O5. The van der Waals surface area contributed by atoms with Gasteiger partial charge in [0.15, 0.2) is 6.61 Å². The summed E-state index contributed by atoms with van der Waals surface area (Å²) in [6, 6.07) is 20.3. The molecule has 0 unspecified atom stereocenters. The van der Waals surface area contributed by atoms with Crippen LogP contribution in [0.3, 0.4) is 0 Å². The first-order valence-corrected chi connectivity index (χ1v) is 10.3. The molecule has 0 bridgehead atoms. The highest BCUT2D eigenvalue weighted by Gasteiger charge is 2.14. The van der Waals surface area contributed by atoms with Crippen LogP contribution < -0.4 is 20.2 Å². The van der Waals surface area contributed by atoms with E-state index >= 15 is 0 Å². The van der Waals surface area contributed by atoms with Gasteiger partial charge in [0, 0.05) is 22.6 Å². The van der Waals surface area contributed by atoms with E-state index in [0.717, 1.165) is 16.4 Å². The molecule has 8 heteroatoms. The maximum absolute atomic E-state index is 12.5. The molecule has 8 nitrogen and oxygen atoms in total. The number of nitrogens with zero attached hydrogens (tertiary/aromatic N) is 1. The van der Waals surface area contributed by atoms with E-state index in [9.17, 15) is 9.59 Å². The van der Waals surface area contributed by atoms with Gasteiger partial charge >= 0.3 is 0 Å². The Labute approximate surface area is 190 Å². The maximum atomic E-state index is 12.5. The van der Waals surface area contributed by atoms with Crippen LogP contribution in [0.1, 0.15) is 13.3 Å². The third kappa shape index (κ3) is 5.30. The van der Waals surface area contributed by atoms with Crippen LogP contribution in [0.2, 0.25) is 0 Å². The van der Waals surface area contributed by atoms with E-state index in [1.54, 1.807) is 32.2 Å². The molecular weight excluding hydrogens is 422 g/mol. The molecule has 0 spiro atoms. The fourth-order valence-corrected chi connectivity index (χ4v) is 3.34. The molecule has 0 atom stereocenters.